The molecule has 5 N–H and O–H groups in total. The zero-order valence-electron chi connectivity index (χ0n) is 19.9. The van der Waals surface area contributed by atoms with Gasteiger partial charge in [0.2, 0.25) is 15.9 Å². The topological polar surface area (TPSA) is 165 Å². The lowest BCUT2D eigenvalue weighted by molar-refractivity contribution is -0.123. The van der Waals surface area contributed by atoms with Gasteiger partial charge in [-0.2, -0.15) is 4.31 Å². The first-order valence-electron chi connectivity index (χ1n) is 11.2. The number of likely N-dealkylation sites (N-methyl/N-ethyl adjacent to an activating group) is 1. The van der Waals surface area contributed by atoms with Gasteiger partial charge in [-0.1, -0.05) is 18.2 Å². The number of hydrogen-bond acceptors (Lipinski definition) is 8. The number of phenols is 3. The van der Waals surface area contributed by atoms with E-state index >= 15 is 0 Å². The van der Waals surface area contributed by atoms with Crippen LogP contribution in [0.4, 0.5) is 11.4 Å². The molecule has 1 heterocycles. The Labute approximate surface area is 213 Å². The van der Waals surface area contributed by atoms with Crippen LogP contribution < -0.4 is 10.6 Å². The molecule has 1 saturated heterocycles. The summed E-state index contributed by atoms with van der Waals surface area (Å²) in [6.07, 6.45) is 0. The summed E-state index contributed by atoms with van der Waals surface area (Å²) in [6.45, 7) is -0.534. The van der Waals surface area contributed by atoms with Gasteiger partial charge in [-0.15, -0.1) is 0 Å². The third kappa shape index (κ3) is 5.01. The maximum atomic E-state index is 13.6. The normalized spacial score (nSPS) is 16.4. The lowest BCUT2D eigenvalue weighted by Gasteiger charge is -2.41. The van der Waals surface area contributed by atoms with E-state index in [-0.39, 0.29) is 30.1 Å². The van der Waals surface area contributed by atoms with Crippen molar-refractivity contribution in [2.24, 2.45) is 0 Å². The molecular weight excluding hydrogens is 500 g/mol. The van der Waals surface area contributed by atoms with Crippen LogP contribution in [0, 0.1) is 0 Å². The molecule has 4 rings (SSSR count). The number of nitrogen functional groups attached to an aromatic ring is 1. The highest BCUT2D eigenvalue weighted by Crippen LogP contribution is 2.36. The molecule has 194 valence electrons. The molecule has 0 spiro atoms. The van der Waals surface area contributed by atoms with Crippen molar-refractivity contribution in [1.82, 2.24) is 9.21 Å². The van der Waals surface area contributed by atoms with Crippen molar-refractivity contribution in [1.29, 1.82) is 0 Å². The van der Waals surface area contributed by atoms with Gasteiger partial charge in [-0.05, 0) is 48.5 Å². The molecule has 0 saturated carbocycles. The number of benzene rings is 3. The van der Waals surface area contributed by atoms with Crippen LogP contribution in [0.2, 0.25) is 0 Å². The van der Waals surface area contributed by atoms with E-state index in [1.54, 1.807) is 30.3 Å². The van der Waals surface area contributed by atoms with E-state index in [4.69, 9.17) is 5.73 Å². The Kier molecular flexibility index (Phi) is 6.96. The Morgan fingerprint density at radius 3 is 2.14 bits per heavy atom. The second-order valence-electron chi connectivity index (χ2n) is 8.55. The van der Waals surface area contributed by atoms with Crippen LogP contribution in [0.3, 0.4) is 0 Å². The van der Waals surface area contributed by atoms with Gasteiger partial charge in [-0.3, -0.25) is 9.59 Å². The van der Waals surface area contributed by atoms with E-state index in [9.17, 15) is 33.3 Å². The molecule has 2 amide bonds. The summed E-state index contributed by atoms with van der Waals surface area (Å²) in [4.78, 5) is 29.4. The number of anilines is 2. The van der Waals surface area contributed by atoms with Gasteiger partial charge in [0.05, 0.1) is 4.90 Å². The van der Waals surface area contributed by atoms with Crippen LogP contribution in [0.5, 0.6) is 17.2 Å². The number of phenolic OH excluding ortho intramolecular Hbond substituents is 3. The van der Waals surface area contributed by atoms with E-state index in [0.717, 1.165) is 16.4 Å². The van der Waals surface area contributed by atoms with Crippen LogP contribution in [0.25, 0.3) is 0 Å². The Morgan fingerprint density at radius 1 is 0.946 bits per heavy atom. The summed E-state index contributed by atoms with van der Waals surface area (Å²) >= 11 is 0. The largest absolute Gasteiger partial charge is 0.504 e. The molecule has 0 aliphatic carbocycles. The third-order valence-electron chi connectivity index (χ3n) is 6.18. The zero-order valence-corrected chi connectivity index (χ0v) is 20.7. The van der Waals surface area contributed by atoms with Gasteiger partial charge in [0.25, 0.3) is 5.91 Å². The maximum absolute atomic E-state index is 13.6. The van der Waals surface area contributed by atoms with Crippen LogP contribution in [-0.2, 0) is 14.8 Å². The highest BCUT2D eigenvalue weighted by atomic mass is 32.2. The standard InChI is InChI=1S/C25H26N4O7S/c1-27(18-5-3-2-4-6-18)25(34)20-15-28(24(33)16-13-21(30)23(32)22(31)14-16)11-12-29(20)37(35,36)19-9-7-17(26)8-10-19/h2-10,13-14,20,30-32H,11-12,15,26H2,1H3. The maximum Gasteiger partial charge on any atom is 0.254 e. The first kappa shape index (κ1) is 25.8. The number of amides is 2. The molecule has 0 bridgehead atoms. The molecule has 1 fully saturated rings. The average molecular weight is 527 g/mol. The second kappa shape index (κ2) is 9.99. The Hall–Kier alpha value is -4.29. The van der Waals surface area contributed by atoms with Crippen molar-refractivity contribution in [2.75, 3.05) is 37.3 Å². The first-order chi connectivity index (χ1) is 17.5. The summed E-state index contributed by atoms with van der Waals surface area (Å²) in [6, 6.07) is 15.0. The molecule has 3 aromatic rings. The van der Waals surface area contributed by atoms with Crippen molar-refractivity contribution in [3.05, 3.63) is 72.3 Å². The summed E-state index contributed by atoms with van der Waals surface area (Å²) in [7, 11) is -2.63. The summed E-state index contributed by atoms with van der Waals surface area (Å²) in [5.41, 5.74) is 6.48. The van der Waals surface area contributed by atoms with Crippen LogP contribution in [0.15, 0.2) is 71.6 Å². The number of rotatable bonds is 5. The molecule has 1 atom stereocenters. The minimum atomic E-state index is -4.14. The van der Waals surface area contributed by atoms with Gasteiger partial charge in [0.1, 0.15) is 6.04 Å². The minimum absolute atomic E-state index is 0.0463. The van der Waals surface area contributed by atoms with Crippen LogP contribution in [-0.4, -0.2) is 77.5 Å². The average Bonchev–Trinajstić information content (AvgIpc) is 2.90. The molecule has 1 unspecified atom stereocenters. The highest BCUT2D eigenvalue weighted by molar-refractivity contribution is 7.89. The van der Waals surface area contributed by atoms with Crippen molar-refractivity contribution in [2.45, 2.75) is 10.9 Å². The summed E-state index contributed by atoms with van der Waals surface area (Å²) < 4.78 is 28.2. The van der Waals surface area contributed by atoms with E-state index in [2.05, 4.69) is 0 Å². The van der Waals surface area contributed by atoms with E-state index in [1.807, 2.05) is 0 Å². The molecule has 0 radical (unpaired) electrons. The Morgan fingerprint density at radius 2 is 1.54 bits per heavy atom. The molecular formula is C25H26N4O7S. The summed E-state index contributed by atoms with van der Waals surface area (Å²) in [5.74, 6) is -3.36. The first-order valence-corrected chi connectivity index (χ1v) is 12.7. The second-order valence-corrected chi connectivity index (χ2v) is 10.4. The van der Waals surface area contributed by atoms with Crippen molar-refractivity contribution < 1.29 is 33.3 Å². The van der Waals surface area contributed by atoms with Gasteiger partial charge < -0.3 is 30.9 Å². The fraction of sp³-hybridized carbons (Fsp3) is 0.200. The monoisotopic (exact) mass is 526 g/mol. The van der Waals surface area contributed by atoms with Gasteiger partial charge >= 0.3 is 0 Å². The predicted octanol–water partition coefficient (Wildman–Crippen LogP) is 1.56. The number of hydrogen-bond donors (Lipinski definition) is 4. The zero-order chi connectivity index (χ0) is 26.9. The molecule has 1 aliphatic rings. The lowest BCUT2D eigenvalue weighted by Crippen LogP contribution is -2.61. The Balaban J connectivity index is 1.70. The van der Waals surface area contributed by atoms with Crippen molar-refractivity contribution in [3.63, 3.8) is 0 Å². The number of carbonyl (C=O) groups excluding carboxylic acids is 2. The molecule has 1 aliphatic heterocycles. The van der Waals surface area contributed by atoms with Crippen molar-refractivity contribution in [3.8, 4) is 17.2 Å². The third-order valence-corrected chi connectivity index (χ3v) is 8.10. The van der Waals surface area contributed by atoms with Gasteiger partial charge in [0.15, 0.2) is 17.2 Å². The van der Waals surface area contributed by atoms with E-state index in [1.165, 1.54) is 41.1 Å². The quantitative estimate of drug-likeness (QED) is 0.287. The van der Waals surface area contributed by atoms with Crippen LogP contribution >= 0.6 is 0 Å². The van der Waals surface area contributed by atoms with E-state index in [0.29, 0.717) is 11.4 Å². The highest BCUT2D eigenvalue weighted by Gasteiger charge is 2.42. The van der Waals surface area contributed by atoms with Gasteiger partial charge in [0, 0.05) is 43.6 Å². The molecule has 3 aromatic carbocycles. The number of aromatic hydroxyl groups is 3. The number of sulfonamides is 1. The molecule has 12 heteroatoms. The number of nitrogens with zero attached hydrogens (tertiary/aromatic N) is 3. The van der Waals surface area contributed by atoms with Crippen LogP contribution in [0.1, 0.15) is 10.4 Å². The molecule has 11 nitrogen and oxygen atoms in total. The van der Waals surface area contributed by atoms with Crippen molar-refractivity contribution >= 4 is 33.2 Å². The number of piperazine rings is 1. The fourth-order valence-electron chi connectivity index (χ4n) is 4.13. The fourth-order valence-corrected chi connectivity index (χ4v) is 5.69. The lowest BCUT2D eigenvalue weighted by atomic mass is 10.1. The number of carbonyl (C=O) groups is 2. The smallest absolute Gasteiger partial charge is 0.254 e. The Bertz CT molecular complexity index is 1410. The molecule has 0 aromatic heterocycles. The number of nitrogens with two attached hydrogens (primary N) is 1. The SMILES string of the molecule is CN(C(=O)C1CN(C(=O)c2cc(O)c(O)c(O)c2)CCN1S(=O)(=O)c1ccc(N)cc1)c1ccccc1. The predicted molar refractivity (Wildman–Crippen MR) is 136 cm³/mol. The minimum Gasteiger partial charge on any atom is -0.504 e. The summed E-state index contributed by atoms with van der Waals surface area (Å²) in [5, 5.41) is 29.2. The number of para-hydroxylation sites is 1. The van der Waals surface area contributed by atoms with E-state index < -0.39 is 45.1 Å². The molecule has 37 heavy (non-hydrogen) atoms. The van der Waals surface area contributed by atoms with Gasteiger partial charge in [-0.25, -0.2) is 8.42 Å².